The van der Waals surface area contributed by atoms with E-state index in [2.05, 4.69) is 10.6 Å². The van der Waals surface area contributed by atoms with Crippen molar-refractivity contribution in [2.45, 2.75) is 41.5 Å². The number of hydrogen-bond donors (Lipinski definition) is 2. The van der Waals surface area contributed by atoms with Crippen molar-refractivity contribution < 1.29 is 19.1 Å². The van der Waals surface area contributed by atoms with Crippen LogP contribution in [0.3, 0.4) is 0 Å². The summed E-state index contributed by atoms with van der Waals surface area (Å²) >= 11 is 0. The van der Waals surface area contributed by atoms with Gasteiger partial charge in [-0.1, -0.05) is 27.7 Å². The van der Waals surface area contributed by atoms with Crippen LogP contribution in [0.4, 0.5) is 0 Å². The van der Waals surface area contributed by atoms with E-state index in [1.807, 2.05) is 41.5 Å². The van der Waals surface area contributed by atoms with Crippen LogP contribution in [-0.4, -0.2) is 38.2 Å². The van der Waals surface area contributed by atoms with Gasteiger partial charge in [0, 0.05) is 36.6 Å². The topological polar surface area (TPSA) is 76.7 Å². The molecule has 0 rings (SSSR count). The fraction of sp³-hybridized carbons (Fsp3) is 0.667. The highest BCUT2D eigenvalue weighted by Crippen LogP contribution is 1.96. The third kappa shape index (κ3) is 13.7. The second-order valence-corrected chi connectivity index (χ2v) is 6.56. The second-order valence-electron chi connectivity index (χ2n) is 6.56. The Morgan fingerprint density at radius 1 is 0.792 bits per heavy atom. The molecule has 0 saturated heterocycles. The summed E-state index contributed by atoms with van der Waals surface area (Å²) in [6, 6.07) is 0. The summed E-state index contributed by atoms with van der Waals surface area (Å²) in [7, 11) is 0. The predicted octanol–water partition coefficient (Wildman–Crippen LogP) is 2.37. The van der Waals surface area contributed by atoms with Gasteiger partial charge in [-0.15, -0.1) is 0 Å². The van der Waals surface area contributed by atoms with E-state index >= 15 is 0 Å². The second kappa shape index (κ2) is 12.4. The molecule has 0 aromatic rings. The zero-order valence-corrected chi connectivity index (χ0v) is 15.8. The first kappa shape index (κ1) is 22.0. The molecule has 0 amide bonds. The number of rotatable bonds is 11. The summed E-state index contributed by atoms with van der Waals surface area (Å²) in [6.07, 6.45) is 2.88. The van der Waals surface area contributed by atoms with Crippen LogP contribution in [0, 0.1) is 11.8 Å². The van der Waals surface area contributed by atoms with Crippen molar-refractivity contribution in [3.63, 3.8) is 0 Å². The molecule has 2 N–H and O–H groups in total. The minimum Gasteiger partial charge on any atom is -0.462 e. The molecule has 0 aliphatic heterocycles. The van der Waals surface area contributed by atoms with Gasteiger partial charge in [0.1, 0.15) is 0 Å². The highest BCUT2D eigenvalue weighted by Gasteiger charge is 2.03. The maximum atomic E-state index is 11.5. The summed E-state index contributed by atoms with van der Waals surface area (Å²) < 4.78 is 10.1. The summed E-state index contributed by atoms with van der Waals surface area (Å²) in [5, 5.41) is 6.21. The van der Waals surface area contributed by atoms with Crippen molar-refractivity contribution >= 4 is 11.9 Å². The molecule has 0 bridgehead atoms. The lowest BCUT2D eigenvalue weighted by Gasteiger charge is -2.10. The van der Waals surface area contributed by atoms with Gasteiger partial charge in [0.15, 0.2) is 0 Å². The van der Waals surface area contributed by atoms with Crippen LogP contribution in [0.1, 0.15) is 41.5 Å². The Hall–Kier alpha value is -1.98. The van der Waals surface area contributed by atoms with Crippen LogP contribution in [-0.2, 0) is 19.1 Å². The number of carbonyl (C=O) groups is 2. The van der Waals surface area contributed by atoms with Gasteiger partial charge in [-0.3, -0.25) is 0 Å². The average Bonchev–Trinajstić information content (AvgIpc) is 2.47. The van der Waals surface area contributed by atoms with Crippen molar-refractivity contribution in [2.24, 2.45) is 11.8 Å². The van der Waals surface area contributed by atoms with Gasteiger partial charge in [0.25, 0.3) is 0 Å². The molecule has 0 aromatic heterocycles. The van der Waals surface area contributed by atoms with Crippen LogP contribution in [0.5, 0.6) is 0 Å². The molecule has 0 aliphatic rings. The van der Waals surface area contributed by atoms with Gasteiger partial charge in [-0.05, 0) is 25.7 Å². The number of ether oxygens (including phenoxy) is 2. The smallest absolute Gasteiger partial charge is 0.332 e. The molecule has 0 aromatic carbocycles. The summed E-state index contributed by atoms with van der Waals surface area (Å²) in [5.41, 5.74) is 1.48. The van der Waals surface area contributed by atoms with Crippen LogP contribution in [0.2, 0.25) is 0 Å². The van der Waals surface area contributed by atoms with E-state index in [1.54, 1.807) is 0 Å². The average molecular weight is 340 g/mol. The van der Waals surface area contributed by atoms with Crippen molar-refractivity contribution in [1.29, 1.82) is 0 Å². The van der Waals surface area contributed by atoms with Gasteiger partial charge in [0.2, 0.25) is 0 Å². The molecular formula is C18H32N2O4. The maximum absolute atomic E-state index is 11.5. The van der Waals surface area contributed by atoms with Gasteiger partial charge >= 0.3 is 11.9 Å². The zero-order chi connectivity index (χ0) is 18.5. The Morgan fingerprint density at radius 2 is 1.12 bits per heavy atom. The fourth-order valence-corrected chi connectivity index (χ4v) is 1.56. The number of esters is 2. The van der Waals surface area contributed by atoms with Gasteiger partial charge in [-0.25, -0.2) is 9.59 Å². The number of allylic oxidation sites excluding steroid dienone is 2. The maximum Gasteiger partial charge on any atom is 0.332 e. The Labute approximate surface area is 145 Å². The molecule has 0 radical (unpaired) electrons. The normalized spacial score (nSPS) is 12.3. The van der Waals surface area contributed by atoms with Crippen molar-refractivity contribution in [3.8, 4) is 0 Å². The quantitative estimate of drug-likeness (QED) is 0.342. The molecule has 0 atom stereocenters. The lowest BCUT2D eigenvalue weighted by atomic mass is 10.2. The Bertz CT molecular complexity index is 412. The number of hydrogen-bond acceptors (Lipinski definition) is 6. The first-order chi connectivity index (χ1) is 11.2. The first-order valence-corrected chi connectivity index (χ1v) is 8.38. The molecule has 0 saturated carbocycles. The molecular weight excluding hydrogens is 308 g/mol. The summed E-state index contributed by atoms with van der Waals surface area (Å²) in [4.78, 5) is 23.0. The molecule has 6 heteroatoms. The van der Waals surface area contributed by atoms with E-state index in [-0.39, 0.29) is 11.9 Å². The van der Waals surface area contributed by atoms with Gasteiger partial charge in [-0.2, -0.15) is 0 Å². The van der Waals surface area contributed by atoms with Crippen molar-refractivity contribution in [3.05, 3.63) is 23.5 Å². The highest BCUT2D eigenvalue weighted by atomic mass is 16.5. The van der Waals surface area contributed by atoms with Crippen LogP contribution in [0.15, 0.2) is 23.5 Å². The largest absolute Gasteiger partial charge is 0.462 e. The Morgan fingerprint density at radius 3 is 1.42 bits per heavy atom. The highest BCUT2D eigenvalue weighted by molar-refractivity contribution is 5.83. The first-order valence-electron chi connectivity index (χ1n) is 8.38. The molecule has 0 aliphatic carbocycles. The van der Waals surface area contributed by atoms with Gasteiger partial charge < -0.3 is 20.1 Å². The van der Waals surface area contributed by atoms with Crippen LogP contribution in [0.25, 0.3) is 0 Å². The van der Waals surface area contributed by atoms with Crippen molar-refractivity contribution in [2.75, 3.05) is 26.3 Å². The summed E-state index contributed by atoms with van der Waals surface area (Å²) in [5.74, 6) is -0.0418. The van der Waals surface area contributed by atoms with E-state index < -0.39 is 0 Å². The van der Waals surface area contributed by atoms with Crippen LogP contribution < -0.4 is 10.6 Å². The molecule has 0 spiro atoms. The minimum atomic E-state index is -0.342. The lowest BCUT2D eigenvalue weighted by molar-refractivity contribution is -0.139. The van der Waals surface area contributed by atoms with Gasteiger partial charge in [0.05, 0.1) is 13.2 Å². The van der Waals surface area contributed by atoms with E-state index in [0.29, 0.717) is 38.1 Å². The van der Waals surface area contributed by atoms with E-state index in [1.165, 1.54) is 12.2 Å². The van der Waals surface area contributed by atoms with E-state index in [9.17, 15) is 9.59 Å². The summed E-state index contributed by atoms with van der Waals surface area (Å²) in [6.45, 7) is 13.6. The predicted molar refractivity (Wildman–Crippen MR) is 95.1 cm³/mol. The molecule has 6 nitrogen and oxygen atoms in total. The SMILES string of the molecule is CC(=CC(=O)OCC(C)C)NCCNC(C)=CC(=O)OCC(C)C. The molecule has 0 fully saturated rings. The lowest BCUT2D eigenvalue weighted by Crippen LogP contribution is -2.26. The third-order valence-electron chi connectivity index (χ3n) is 2.72. The van der Waals surface area contributed by atoms with E-state index in [4.69, 9.17) is 9.47 Å². The Kier molecular flexibility index (Phi) is 11.4. The zero-order valence-electron chi connectivity index (χ0n) is 15.8. The van der Waals surface area contributed by atoms with Crippen LogP contribution >= 0.6 is 0 Å². The number of nitrogens with one attached hydrogen (secondary N) is 2. The molecule has 0 heterocycles. The van der Waals surface area contributed by atoms with E-state index in [0.717, 1.165) is 11.4 Å². The fourth-order valence-electron chi connectivity index (χ4n) is 1.56. The number of carbonyl (C=O) groups excluding carboxylic acids is 2. The molecule has 138 valence electrons. The molecule has 24 heavy (non-hydrogen) atoms. The third-order valence-corrected chi connectivity index (χ3v) is 2.72. The monoisotopic (exact) mass is 340 g/mol. The minimum absolute atomic E-state index is 0.321. The standard InChI is InChI=1S/C18H32N2O4/c1-13(2)11-23-17(21)9-15(5)19-7-8-20-16(6)10-18(22)24-12-14(3)4/h9-10,13-14,19-20H,7-8,11-12H2,1-6H3. The Balaban J connectivity index is 3.98. The van der Waals surface area contributed by atoms with Crippen molar-refractivity contribution in [1.82, 2.24) is 10.6 Å². The molecule has 0 unspecified atom stereocenters.